The zero-order valence-electron chi connectivity index (χ0n) is 14.2. The second-order valence-corrected chi connectivity index (χ2v) is 5.67. The molecule has 0 aromatic carbocycles. The van der Waals surface area contributed by atoms with Crippen LogP contribution in [0.1, 0.15) is 20.8 Å². The van der Waals surface area contributed by atoms with Crippen LogP contribution in [-0.4, -0.2) is 53.8 Å². The molecule has 0 N–H and O–H groups in total. The smallest absolute Gasteiger partial charge is 0.366 e. The van der Waals surface area contributed by atoms with E-state index in [4.69, 9.17) is 14.2 Å². The van der Waals surface area contributed by atoms with E-state index in [-0.39, 0.29) is 24.8 Å². The molecule has 136 valence electrons. The highest BCUT2D eigenvalue weighted by Crippen LogP contribution is 2.37. The van der Waals surface area contributed by atoms with Crippen molar-refractivity contribution in [1.82, 2.24) is 4.98 Å². The third-order valence-electron chi connectivity index (χ3n) is 3.37. The van der Waals surface area contributed by atoms with Crippen LogP contribution in [0.25, 0.3) is 0 Å². The van der Waals surface area contributed by atoms with Crippen LogP contribution in [-0.2, 0) is 19.1 Å². The zero-order chi connectivity index (χ0) is 18.6. The summed E-state index contributed by atoms with van der Waals surface area (Å²) in [5.41, 5.74) is -1.24. The van der Waals surface area contributed by atoms with Gasteiger partial charge in [0.05, 0.1) is 6.61 Å². The highest BCUT2D eigenvalue weighted by Gasteiger charge is 2.45. The highest BCUT2D eigenvalue weighted by molar-refractivity contribution is 6.04. The van der Waals surface area contributed by atoms with E-state index in [1.165, 1.54) is 26.0 Å². The molecule has 0 saturated heterocycles. The van der Waals surface area contributed by atoms with Crippen LogP contribution in [0.3, 0.4) is 0 Å². The number of esters is 1. The number of ether oxygens (including phenoxy) is 3. The van der Waals surface area contributed by atoms with Crippen molar-refractivity contribution in [2.24, 2.45) is 0 Å². The van der Waals surface area contributed by atoms with Crippen LogP contribution in [0.2, 0.25) is 0 Å². The Morgan fingerprint density at radius 3 is 2.76 bits per heavy atom. The van der Waals surface area contributed by atoms with Gasteiger partial charge in [-0.3, -0.25) is 14.5 Å². The molecule has 0 radical (unpaired) electrons. The van der Waals surface area contributed by atoms with Crippen molar-refractivity contribution < 1.29 is 28.7 Å². The largest absolute Gasteiger partial charge is 0.472 e. The average molecular weight is 353 g/mol. The number of carbonyl (C=O) groups excluding carboxylic acids is 2. The third kappa shape index (κ3) is 4.21. The van der Waals surface area contributed by atoms with Crippen molar-refractivity contribution >= 4 is 23.5 Å². The van der Waals surface area contributed by atoms with Crippen LogP contribution >= 0.6 is 0 Å². The molecule has 1 aliphatic rings. The number of aromatic nitrogens is 1. The van der Waals surface area contributed by atoms with E-state index < -0.39 is 34.8 Å². The molecule has 0 atom stereocenters. The summed E-state index contributed by atoms with van der Waals surface area (Å²) >= 11 is 0. The molecule has 10 heteroatoms. The lowest BCUT2D eigenvalue weighted by molar-refractivity contribution is -0.389. The Kier molecular flexibility index (Phi) is 5.52. The van der Waals surface area contributed by atoms with Crippen molar-refractivity contribution in [2.75, 3.05) is 31.3 Å². The fourth-order valence-corrected chi connectivity index (χ4v) is 2.22. The fourth-order valence-electron chi connectivity index (χ4n) is 2.22. The first kappa shape index (κ1) is 18.6. The summed E-state index contributed by atoms with van der Waals surface area (Å²) in [6.07, 6.45) is 0. The Balaban J connectivity index is 2.23. The number of fused-ring (bicyclic) bond motifs is 1. The van der Waals surface area contributed by atoms with Crippen molar-refractivity contribution in [3.05, 3.63) is 22.2 Å². The number of carbonyl (C=O) groups is 2. The van der Waals surface area contributed by atoms with Gasteiger partial charge in [0, 0.05) is 12.7 Å². The molecular weight excluding hydrogens is 334 g/mol. The molecule has 0 spiro atoms. The number of amides is 1. The second-order valence-electron chi connectivity index (χ2n) is 5.67. The lowest BCUT2D eigenvalue weighted by Crippen LogP contribution is -2.54. The van der Waals surface area contributed by atoms with Crippen LogP contribution in [0.15, 0.2) is 12.1 Å². The van der Waals surface area contributed by atoms with Gasteiger partial charge in [0.1, 0.15) is 13.2 Å². The molecule has 1 aromatic rings. The summed E-state index contributed by atoms with van der Waals surface area (Å²) in [5, 5.41) is 10.9. The molecule has 2 heterocycles. The minimum atomic E-state index is -1.24. The molecule has 1 aliphatic heterocycles. The lowest BCUT2D eigenvalue weighted by atomic mass is 10.1. The van der Waals surface area contributed by atoms with Gasteiger partial charge in [-0.2, -0.15) is 0 Å². The van der Waals surface area contributed by atoms with Gasteiger partial charge in [-0.1, -0.05) is 0 Å². The SMILES string of the molecule is CCOCCOC(=O)CN1C(=O)C(C)(C)Oc2ccc([N+](=O)[O-])nc21. The molecule has 1 amide bonds. The Morgan fingerprint density at radius 1 is 1.40 bits per heavy atom. The summed E-state index contributed by atoms with van der Waals surface area (Å²) in [7, 11) is 0. The number of nitrogens with zero attached hydrogens (tertiary/aromatic N) is 3. The summed E-state index contributed by atoms with van der Waals surface area (Å²) in [6, 6.07) is 2.52. The van der Waals surface area contributed by atoms with Crippen molar-refractivity contribution in [1.29, 1.82) is 0 Å². The van der Waals surface area contributed by atoms with Gasteiger partial charge in [-0.25, -0.2) is 0 Å². The molecule has 10 nitrogen and oxygen atoms in total. The number of rotatable bonds is 7. The van der Waals surface area contributed by atoms with Gasteiger partial charge in [0.15, 0.2) is 11.4 Å². The molecule has 1 aromatic heterocycles. The van der Waals surface area contributed by atoms with E-state index in [9.17, 15) is 19.7 Å². The predicted octanol–water partition coefficient (Wildman–Crippen LogP) is 1.07. The number of pyridine rings is 1. The van der Waals surface area contributed by atoms with Crippen molar-refractivity contribution in [3.8, 4) is 5.75 Å². The van der Waals surface area contributed by atoms with Gasteiger partial charge in [-0.15, -0.1) is 0 Å². The Bertz CT molecular complexity index is 690. The van der Waals surface area contributed by atoms with Gasteiger partial charge < -0.3 is 24.3 Å². The Morgan fingerprint density at radius 2 is 2.12 bits per heavy atom. The third-order valence-corrected chi connectivity index (χ3v) is 3.37. The normalized spacial score (nSPS) is 15.3. The minimum absolute atomic E-state index is 0.0455. The average Bonchev–Trinajstić information content (AvgIpc) is 2.55. The summed E-state index contributed by atoms with van der Waals surface area (Å²) < 4.78 is 15.6. The van der Waals surface area contributed by atoms with Gasteiger partial charge in [-0.05, 0) is 36.7 Å². The standard InChI is InChI=1S/C15H19N3O7/c1-4-23-7-8-24-12(19)9-17-13-10(25-15(2,3)14(17)20)5-6-11(16-13)18(21)22/h5-6H,4,7-9H2,1-3H3. The predicted molar refractivity (Wildman–Crippen MR) is 85.4 cm³/mol. The number of anilines is 1. The highest BCUT2D eigenvalue weighted by atomic mass is 16.6. The number of nitro groups is 1. The van der Waals surface area contributed by atoms with Crippen molar-refractivity contribution in [2.45, 2.75) is 26.4 Å². The first-order valence-corrected chi connectivity index (χ1v) is 7.66. The van der Waals surface area contributed by atoms with Crippen molar-refractivity contribution in [3.63, 3.8) is 0 Å². The maximum Gasteiger partial charge on any atom is 0.366 e. The molecule has 0 unspecified atom stereocenters. The zero-order valence-corrected chi connectivity index (χ0v) is 14.2. The van der Waals surface area contributed by atoms with Crippen LogP contribution in [0, 0.1) is 10.1 Å². The lowest BCUT2D eigenvalue weighted by Gasteiger charge is -2.35. The second kappa shape index (κ2) is 7.43. The van der Waals surface area contributed by atoms with E-state index in [1.807, 2.05) is 6.92 Å². The summed E-state index contributed by atoms with van der Waals surface area (Å²) in [4.78, 5) is 39.6. The molecule has 0 fully saturated rings. The Labute approximate surface area is 143 Å². The van der Waals surface area contributed by atoms with Gasteiger partial charge in [0.2, 0.25) is 0 Å². The first-order valence-electron chi connectivity index (χ1n) is 7.66. The molecule has 0 aliphatic carbocycles. The van der Waals surface area contributed by atoms with Gasteiger partial charge >= 0.3 is 11.8 Å². The summed E-state index contributed by atoms with van der Waals surface area (Å²) in [5.74, 6) is -1.58. The molecular formula is C15H19N3O7. The van der Waals surface area contributed by atoms with Gasteiger partial charge in [0.25, 0.3) is 11.7 Å². The van der Waals surface area contributed by atoms with E-state index in [0.717, 1.165) is 4.90 Å². The van der Waals surface area contributed by atoms with E-state index >= 15 is 0 Å². The number of hydrogen-bond donors (Lipinski definition) is 0. The van der Waals surface area contributed by atoms with Crippen LogP contribution < -0.4 is 9.64 Å². The Hall–Kier alpha value is -2.75. The summed E-state index contributed by atoms with van der Waals surface area (Å²) in [6.45, 7) is 5.23. The maximum absolute atomic E-state index is 12.6. The quantitative estimate of drug-likeness (QED) is 0.309. The van der Waals surface area contributed by atoms with E-state index in [1.54, 1.807) is 0 Å². The number of hydrogen-bond acceptors (Lipinski definition) is 8. The maximum atomic E-state index is 12.6. The molecule has 0 bridgehead atoms. The van der Waals surface area contributed by atoms with Crippen LogP contribution in [0.5, 0.6) is 5.75 Å². The van der Waals surface area contributed by atoms with Crippen LogP contribution in [0.4, 0.5) is 11.6 Å². The topological polar surface area (TPSA) is 121 Å². The van der Waals surface area contributed by atoms with E-state index in [2.05, 4.69) is 4.98 Å². The monoisotopic (exact) mass is 353 g/mol. The van der Waals surface area contributed by atoms with E-state index in [0.29, 0.717) is 6.61 Å². The fraction of sp³-hybridized carbons (Fsp3) is 0.533. The molecule has 25 heavy (non-hydrogen) atoms. The molecule has 0 saturated carbocycles. The molecule has 2 rings (SSSR count). The minimum Gasteiger partial charge on any atom is -0.472 e. The first-order chi connectivity index (χ1) is 11.8.